The summed E-state index contributed by atoms with van der Waals surface area (Å²) in [7, 11) is 0. The zero-order valence-corrected chi connectivity index (χ0v) is 11.1. The molecule has 1 N–H and O–H groups in total. The van der Waals surface area contributed by atoms with Crippen molar-refractivity contribution in [2.24, 2.45) is 5.92 Å². The minimum absolute atomic E-state index is 0.0369. The van der Waals surface area contributed by atoms with Crippen LogP contribution in [-0.4, -0.2) is 5.91 Å². The summed E-state index contributed by atoms with van der Waals surface area (Å²) in [6.45, 7) is 2.01. The van der Waals surface area contributed by atoms with Gasteiger partial charge in [-0.25, -0.2) is 0 Å². The van der Waals surface area contributed by atoms with Crippen LogP contribution in [0.4, 0.5) is 5.69 Å². The molecule has 1 amide bonds. The van der Waals surface area contributed by atoms with Gasteiger partial charge in [0.2, 0.25) is 5.91 Å². The molecule has 1 aromatic carbocycles. The van der Waals surface area contributed by atoms with Crippen molar-refractivity contribution in [3.05, 3.63) is 36.2 Å². The number of hydrogen-bond acceptors (Lipinski definition) is 1. The molecular formula is C16H22NO. The lowest BCUT2D eigenvalue weighted by molar-refractivity contribution is -0.113. The van der Waals surface area contributed by atoms with Gasteiger partial charge in [0.1, 0.15) is 0 Å². The third-order valence-corrected chi connectivity index (χ3v) is 3.76. The molecule has 2 rings (SSSR count). The molecule has 0 heterocycles. The molecule has 2 nitrogen and oxygen atoms in total. The molecule has 0 atom stereocenters. The number of carbonyl (C=O) groups excluding carboxylic acids is 1. The first kappa shape index (κ1) is 13.1. The van der Waals surface area contributed by atoms with Gasteiger partial charge in [0, 0.05) is 5.69 Å². The lowest BCUT2D eigenvalue weighted by Gasteiger charge is -2.20. The minimum Gasteiger partial charge on any atom is -0.326 e. The number of aryl methyl sites for hydroxylation is 1. The van der Waals surface area contributed by atoms with E-state index in [1.807, 2.05) is 37.6 Å². The van der Waals surface area contributed by atoms with Crippen LogP contribution in [0.2, 0.25) is 0 Å². The van der Waals surface area contributed by atoms with Crippen molar-refractivity contribution in [3.63, 3.8) is 0 Å². The van der Waals surface area contributed by atoms with Gasteiger partial charge >= 0.3 is 0 Å². The Bertz CT molecular complexity index is 394. The third-order valence-electron chi connectivity index (χ3n) is 3.76. The van der Waals surface area contributed by atoms with Gasteiger partial charge in [0.25, 0.3) is 0 Å². The maximum Gasteiger partial charge on any atom is 0.228 e. The fraction of sp³-hybridized carbons (Fsp3) is 0.500. The molecule has 0 bridgehead atoms. The summed E-state index contributed by atoms with van der Waals surface area (Å²) in [5.41, 5.74) is 2.03. The lowest BCUT2D eigenvalue weighted by atomic mass is 9.86. The van der Waals surface area contributed by atoms with Gasteiger partial charge in [0.15, 0.2) is 0 Å². The highest BCUT2D eigenvalue weighted by molar-refractivity contribution is 5.97. The monoisotopic (exact) mass is 244 g/mol. The van der Waals surface area contributed by atoms with Crippen LogP contribution in [-0.2, 0) is 4.79 Å². The van der Waals surface area contributed by atoms with E-state index < -0.39 is 0 Å². The van der Waals surface area contributed by atoms with Crippen molar-refractivity contribution in [1.82, 2.24) is 0 Å². The minimum atomic E-state index is 0.0369. The first-order valence-corrected chi connectivity index (χ1v) is 6.95. The van der Waals surface area contributed by atoms with Crippen molar-refractivity contribution < 1.29 is 4.79 Å². The second kappa shape index (κ2) is 6.58. The van der Waals surface area contributed by atoms with E-state index in [1.54, 1.807) is 0 Å². The van der Waals surface area contributed by atoms with Crippen molar-refractivity contribution in [2.45, 2.75) is 45.4 Å². The smallest absolute Gasteiger partial charge is 0.228 e. The number of para-hydroxylation sites is 1. The number of benzene rings is 1. The van der Waals surface area contributed by atoms with Crippen molar-refractivity contribution in [1.29, 1.82) is 0 Å². The van der Waals surface area contributed by atoms with E-state index >= 15 is 0 Å². The average molecular weight is 244 g/mol. The van der Waals surface area contributed by atoms with Gasteiger partial charge in [-0.05, 0) is 30.9 Å². The molecule has 1 aliphatic rings. The summed E-state index contributed by atoms with van der Waals surface area (Å²) < 4.78 is 0. The van der Waals surface area contributed by atoms with Crippen LogP contribution in [0.15, 0.2) is 24.3 Å². The van der Waals surface area contributed by atoms with Crippen LogP contribution >= 0.6 is 0 Å². The third kappa shape index (κ3) is 3.86. The van der Waals surface area contributed by atoms with E-state index in [0.29, 0.717) is 0 Å². The van der Waals surface area contributed by atoms with E-state index in [2.05, 4.69) is 5.32 Å². The van der Waals surface area contributed by atoms with Gasteiger partial charge in [-0.2, -0.15) is 0 Å². The quantitative estimate of drug-likeness (QED) is 0.848. The van der Waals surface area contributed by atoms with Crippen LogP contribution < -0.4 is 5.32 Å². The Morgan fingerprint density at radius 2 is 2.00 bits per heavy atom. The van der Waals surface area contributed by atoms with Gasteiger partial charge in [-0.1, -0.05) is 50.3 Å². The molecule has 0 saturated heterocycles. The van der Waals surface area contributed by atoms with E-state index in [9.17, 15) is 4.79 Å². The molecule has 0 spiro atoms. The summed E-state index contributed by atoms with van der Waals surface area (Å²) in [5, 5.41) is 2.96. The SMILES string of the molecule is Cc1ccccc1NC(=O)[CH]CC1CCCCC1. The first-order valence-electron chi connectivity index (χ1n) is 6.95. The molecule has 2 heteroatoms. The number of nitrogens with one attached hydrogen (secondary N) is 1. The normalized spacial score (nSPS) is 16.5. The number of anilines is 1. The number of carbonyl (C=O) groups is 1. The Labute approximate surface area is 110 Å². The van der Waals surface area contributed by atoms with Crippen molar-refractivity contribution in [3.8, 4) is 0 Å². The van der Waals surface area contributed by atoms with E-state index in [4.69, 9.17) is 0 Å². The Morgan fingerprint density at radius 1 is 1.28 bits per heavy atom. The number of amides is 1. The molecule has 1 saturated carbocycles. The fourth-order valence-corrected chi connectivity index (χ4v) is 2.59. The molecule has 97 valence electrons. The molecule has 1 aromatic rings. The summed E-state index contributed by atoms with van der Waals surface area (Å²) >= 11 is 0. The van der Waals surface area contributed by atoms with Crippen LogP contribution in [0.1, 0.15) is 44.1 Å². The number of hydrogen-bond donors (Lipinski definition) is 1. The Hall–Kier alpha value is -1.31. The maximum absolute atomic E-state index is 11.8. The first-order chi connectivity index (χ1) is 8.75. The zero-order valence-electron chi connectivity index (χ0n) is 11.1. The van der Waals surface area contributed by atoms with Crippen LogP contribution in [0.25, 0.3) is 0 Å². The molecule has 0 aromatic heterocycles. The predicted octanol–water partition coefficient (Wildman–Crippen LogP) is 4.11. The highest BCUT2D eigenvalue weighted by Gasteiger charge is 2.15. The van der Waals surface area contributed by atoms with Gasteiger partial charge in [0.05, 0.1) is 6.42 Å². The Morgan fingerprint density at radius 3 is 2.72 bits per heavy atom. The Kier molecular flexibility index (Phi) is 4.80. The zero-order chi connectivity index (χ0) is 12.8. The summed E-state index contributed by atoms with van der Waals surface area (Å²) in [6, 6.07) is 7.89. The highest BCUT2D eigenvalue weighted by atomic mass is 16.1. The maximum atomic E-state index is 11.8. The summed E-state index contributed by atoms with van der Waals surface area (Å²) in [6.07, 6.45) is 9.35. The summed E-state index contributed by atoms with van der Waals surface area (Å²) in [5.74, 6) is 0.760. The number of rotatable bonds is 4. The van der Waals surface area contributed by atoms with E-state index in [1.165, 1.54) is 32.1 Å². The van der Waals surface area contributed by atoms with Crippen LogP contribution in [0.3, 0.4) is 0 Å². The average Bonchev–Trinajstić information content (AvgIpc) is 2.40. The molecule has 18 heavy (non-hydrogen) atoms. The lowest BCUT2D eigenvalue weighted by Crippen LogP contribution is -2.16. The fourth-order valence-electron chi connectivity index (χ4n) is 2.59. The Balaban J connectivity index is 1.76. The van der Waals surface area contributed by atoms with E-state index in [0.717, 1.165) is 23.6 Å². The van der Waals surface area contributed by atoms with Crippen LogP contribution in [0.5, 0.6) is 0 Å². The molecule has 1 fully saturated rings. The topological polar surface area (TPSA) is 29.1 Å². The standard InChI is InChI=1S/C16H22NO/c1-13-7-5-6-10-15(13)17-16(18)12-11-14-8-3-2-4-9-14/h5-7,10,12,14H,2-4,8-9,11H2,1H3,(H,17,18). The second-order valence-electron chi connectivity index (χ2n) is 5.25. The van der Waals surface area contributed by atoms with Crippen LogP contribution in [0, 0.1) is 19.3 Å². The van der Waals surface area contributed by atoms with Gasteiger partial charge in [-0.3, -0.25) is 4.79 Å². The molecule has 1 aliphatic carbocycles. The molecular weight excluding hydrogens is 222 g/mol. The summed E-state index contributed by atoms with van der Waals surface area (Å²) in [4.78, 5) is 11.8. The molecule has 1 radical (unpaired) electrons. The van der Waals surface area contributed by atoms with Gasteiger partial charge < -0.3 is 5.32 Å². The predicted molar refractivity (Wildman–Crippen MR) is 75.3 cm³/mol. The largest absolute Gasteiger partial charge is 0.326 e. The van der Waals surface area contributed by atoms with E-state index in [-0.39, 0.29) is 5.91 Å². The second-order valence-corrected chi connectivity index (χ2v) is 5.25. The molecule has 0 unspecified atom stereocenters. The highest BCUT2D eigenvalue weighted by Crippen LogP contribution is 2.27. The van der Waals surface area contributed by atoms with Crippen molar-refractivity contribution in [2.75, 3.05) is 5.32 Å². The van der Waals surface area contributed by atoms with Gasteiger partial charge in [-0.15, -0.1) is 0 Å². The molecule has 0 aliphatic heterocycles. The van der Waals surface area contributed by atoms with Crippen molar-refractivity contribution >= 4 is 11.6 Å².